The first-order chi connectivity index (χ1) is 7.09. The Balaban J connectivity index is 2.65. The fraction of sp³-hybridized carbons (Fsp3) is 0.273. The summed E-state index contributed by atoms with van der Waals surface area (Å²) in [5.41, 5.74) is 0.389. The SMILES string of the molecule is CC(O)Cc1c(F)cc(F)c2ccoc12. The fourth-order valence-electron chi connectivity index (χ4n) is 1.60. The monoisotopic (exact) mass is 212 g/mol. The molecule has 1 aromatic heterocycles. The van der Waals surface area contributed by atoms with Crippen molar-refractivity contribution >= 4 is 11.0 Å². The summed E-state index contributed by atoms with van der Waals surface area (Å²) in [4.78, 5) is 0. The summed E-state index contributed by atoms with van der Waals surface area (Å²) >= 11 is 0. The molecule has 0 saturated heterocycles. The van der Waals surface area contributed by atoms with E-state index in [0.29, 0.717) is 0 Å². The van der Waals surface area contributed by atoms with E-state index >= 15 is 0 Å². The summed E-state index contributed by atoms with van der Waals surface area (Å²) < 4.78 is 31.7. The van der Waals surface area contributed by atoms with Gasteiger partial charge in [-0.2, -0.15) is 0 Å². The predicted octanol–water partition coefficient (Wildman–Crippen LogP) is 2.63. The maximum absolute atomic E-state index is 13.4. The Labute approximate surface area is 85.1 Å². The van der Waals surface area contributed by atoms with Crippen molar-refractivity contribution in [2.24, 2.45) is 0 Å². The van der Waals surface area contributed by atoms with Crippen molar-refractivity contribution in [3.05, 3.63) is 35.6 Å². The van der Waals surface area contributed by atoms with Crippen LogP contribution in [-0.4, -0.2) is 11.2 Å². The van der Waals surface area contributed by atoms with Gasteiger partial charge in [-0.3, -0.25) is 0 Å². The van der Waals surface area contributed by atoms with E-state index in [4.69, 9.17) is 4.42 Å². The van der Waals surface area contributed by atoms with Crippen molar-refractivity contribution in [1.29, 1.82) is 0 Å². The van der Waals surface area contributed by atoms with Crippen LogP contribution >= 0.6 is 0 Å². The highest BCUT2D eigenvalue weighted by Gasteiger charge is 2.16. The van der Waals surface area contributed by atoms with Gasteiger partial charge in [0, 0.05) is 18.1 Å². The van der Waals surface area contributed by atoms with Crippen LogP contribution in [0.4, 0.5) is 8.78 Å². The number of hydrogen-bond donors (Lipinski definition) is 1. The molecule has 1 aromatic carbocycles. The van der Waals surface area contributed by atoms with Gasteiger partial charge in [-0.05, 0) is 13.0 Å². The lowest BCUT2D eigenvalue weighted by Crippen LogP contribution is -2.06. The third kappa shape index (κ3) is 1.72. The molecule has 0 spiro atoms. The van der Waals surface area contributed by atoms with Gasteiger partial charge in [0.2, 0.25) is 0 Å². The van der Waals surface area contributed by atoms with Crippen molar-refractivity contribution in [1.82, 2.24) is 0 Å². The molecule has 0 aliphatic rings. The molecule has 2 nitrogen and oxygen atoms in total. The molecule has 0 aliphatic heterocycles. The first-order valence-electron chi connectivity index (χ1n) is 4.61. The number of hydrogen-bond acceptors (Lipinski definition) is 2. The summed E-state index contributed by atoms with van der Waals surface area (Å²) in [5.74, 6) is -1.33. The number of rotatable bonds is 2. The molecule has 0 aliphatic carbocycles. The van der Waals surface area contributed by atoms with E-state index in [0.717, 1.165) is 6.07 Å². The van der Waals surface area contributed by atoms with Crippen molar-refractivity contribution in [2.45, 2.75) is 19.4 Å². The molecule has 1 heterocycles. The Morgan fingerprint density at radius 2 is 2.13 bits per heavy atom. The Hall–Kier alpha value is -1.42. The second-order valence-electron chi connectivity index (χ2n) is 3.54. The molecule has 0 amide bonds. The molecule has 0 fully saturated rings. The van der Waals surface area contributed by atoms with Crippen LogP contribution in [0.2, 0.25) is 0 Å². The second-order valence-corrected chi connectivity index (χ2v) is 3.54. The molecule has 2 aromatic rings. The molecule has 0 saturated carbocycles. The van der Waals surface area contributed by atoms with Crippen molar-refractivity contribution in [3.8, 4) is 0 Å². The average Bonchev–Trinajstić information content (AvgIpc) is 2.60. The van der Waals surface area contributed by atoms with Crippen LogP contribution in [0.15, 0.2) is 22.8 Å². The first kappa shape index (κ1) is 10.1. The standard InChI is InChI=1S/C11H10F2O2/c1-6(14)4-8-10(13)5-9(12)7-2-3-15-11(7)8/h2-3,5-6,14H,4H2,1H3. The fourth-order valence-corrected chi connectivity index (χ4v) is 1.60. The molecule has 1 unspecified atom stereocenters. The van der Waals surface area contributed by atoms with Crippen LogP contribution in [0.5, 0.6) is 0 Å². The first-order valence-corrected chi connectivity index (χ1v) is 4.61. The highest BCUT2D eigenvalue weighted by molar-refractivity contribution is 5.81. The van der Waals surface area contributed by atoms with Crippen LogP contribution in [0.3, 0.4) is 0 Å². The van der Waals surface area contributed by atoms with Crippen LogP contribution < -0.4 is 0 Å². The Bertz CT molecular complexity index is 489. The van der Waals surface area contributed by atoms with Gasteiger partial charge in [0.1, 0.15) is 17.2 Å². The van der Waals surface area contributed by atoms with Crippen molar-refractivity contribution in [2.75, 3.05) is 0 Å². The summed E-state index contributed by atoms with van der Waals surface area (Å²) in [6.45, 7) is 1.54. The van der Waals surface area contributed by atoms with Crippen LogP contribution in [0.1, 0.15) is 12.5 Å². The van der Waals surface area contributed by atoms with Gasteiger partial charge in [0.15, 0.2) is 0 Å². The third-order valence-electron chi connectivity index (χ3n) is 2.24. The minimum absolute atomic E-state index is 0.107. The smallest absolute Gasteiger partial charge is 0.143 e. The maximum atomic E-state index is 13.4. The van der Waals surface area contributed by atoms with Gasteiger partial charge >= 0.3 is 0 Å². The van der Waals surface area contributed by atoms with Gasteiger partial charge in [0.05, 0.1) is 17.8 Å². The van der Waals surface area contributed by atoms with E-state index < -0.39 is 17.7 Å². The van der Waals surface area contributed by atoms with Crippen molar-refractivity contribution in [3.63, 3.8) is 0 Å². The molecule has 0 bridgehead atoms. The predicted molar refractivity (Wildman–Crippen MR) is 51.5 cm³/mol. The molecular formula is C11H10F2O2. The molecular weight excluding hydrogens is 202 g/mol. The Morgan fingerprint density at radius 1 is 1.40 bits per heavy atom. The van der Waals surface area contributed by atoms with E-state index in [9.17, 15) is 13.9 Å². The highest BCUT2D eigenvalue weighted by atomic mass is 19.1. The highest BCUT2D eigenvalue weighted by Crippen LogP contribution is 2.26. The molecule has 15 heavy (non-hydrogen) atoms. The third-order valence-corrected chi connectivity index (χ3v) is 2.24. The summed E-state index contributed by atoms with van der Waals surface area (Å²) in [6.07, 6.45) is 0.716. The molecule has 4 heteroatoms. The van der Waals surface area contributed by atoms with E-state index in [1.165, 1.54) is 19.3 Å². The number of aliphatic hydroxyl groups excluding tert-OH is 1. The normalized spacial score (nSPS) is 13.3. The zero-order valence-corrected chi connectivity index (χ0v) is 8.13. The van der Waals surface area contributed by atoms with E-state index in [-0.39, 0.29) is 23.0 Å². The number of benzene rings is 1. The Morgan fingerprint density at radius 3 is 2.80 bits per heavy atom. The van der Waals surface area contributed by atoms with Gasteiger partial charge in [0.25, 0.3) is 0 Å². The maximum Gasteiger partial charge on any atom is 0.143 e. The van der Waals surface area contributed by atoms with E-state index in [2.05, 4.69) is 0 Å². The van der Waals surface area contributed by atoms with E-state index in [1.54, 1.807) is 0 Å². The van der Waals surface area contributed by atoms with Gasteiger partial charge in [-0.15, -0.1) is 0 Å². The number of halogens is 2. The average molecular weight is 212 g/mol. The molecule has 2 rings (SSSR count). The number of fused-ring (bicyclic) bond motifs is 1. The number of aliphatic hydroxyl groups is 1. The minimum Gasteiger partial charge on any atom is -0.464 e. The van der Waals surface area contributed by atoms with Crippen molar-refractivity contribution < 1.29 is 18.3 Å². The zero-order valence-electron chi connectivity index (χ0n) is 8.13. The van der Waals surface area contributed by atoms with Gasteiger partial charge in [-0.25, -0.2) is 8.78 Å². The second kappa shape index (κ2) is 3.62. The lowest BCUT2D eigenvalue weighted by Gasteiger charge is -2.06. The minimum atomic E-state index is -0.696. The molecule has 1 atom stereocenters. The topological polar surface area (TPSA) is 33.4 Å². The Kier molecular flexibility index (Phi) is 2.44. The van der Waals surface area contributed by atoms with E-state index in [1.807, 2.05) is 0 Å². The summed E-state index contributed by atoms with van der Waals surface area (Å²) in [6, 6.07) is 2.26. The van der Waals surface area contributed by atoms with Gasteiger partial charge in [-0.1, -0.05) is 0 Å². The molecule has 80 valence electrons. The quantitative estimate of drug-likeness (QED) is 0.830. The number of furan rings is 1. The molecule has 1 N–H and O–H groups in total. The summed E-state index contributed by atoms with van der Waals surface area (Å²) in [5, 5.41) is 9.44. The zero-order chi connectivity index (χ0) is 11.0. The molecule has 0 radical (unpaired) electrons. The lowest BCUT2D eigenvalue weighted by atomic mass is 10.1. The van der Waals surface area contributed by atoms with Crippen LogP contribution in [0.25, 0.3) is 11.0 Å². The van der Waals surface area contributed by atoms with Gasteiger partial charge < -0.3 is 9.52 Å². The largest absolute Gasteiger partial charge is 0.464 e. The van der Waals surface area contributed by atoms with Crippen LogP contribution in [-0.2, 0) is 6.42 Å². The van der Waals surface area contributed by atoms with Crippen LogP contribution in [0, 0.1) is 11.6 Å². The lowest BCUT2D eigenvalue weighted by molar-refractivity contribution is 0.194. The summed E-state index contributed by atoms with van der Waals surface area (Å²) in [7, 11) is 0.